The third-order valence-corrected chi connectivity index (χ3v) is 6.46. The maximum atomic E-state index is 12.3. The number of carbonyl (C=O) groups excluding carboxylic acids is 1. The molecule has 6 nitrogen and oxygen atoms in total. The second-order valence-corrected chi connectivity index (χ2v) is 9.38. The van der Waals surface area contributed by atoms with E-state index in [1.54, 1.807) is 36.4 Å². The van der Waals surface area contributed by atoms with Gasteiger partial charge in [-0.25, -0.2) is 13.1 Å². The molecule has 0 atom stereocenters. The topological polar surface area (TPSA) is 75.7 Å². The van der Waals surface area contributed by atoms with Gasteiger partial charge >= 0.3 is 0 Å². The summed E-state index contributed by atoms with van der Waals surface area (Å²) in [5.74, 6) is 0.565. The van der Waals surface area contributed by atoms with Crippen molar-refractivity contribution in [2.75, 3.05) is 18.0 Å². The molecular weight excluding hydrogens is 372 g/mol. The summed E-state index contributed by atoms with van der Waals surface area (Å²) >= 11 is 1.22. The highest BCUT2D eigenvalue weighted by molar-refractivity contribution is 7.91. The number of sulfonamides is 1. The van der Waals surface area contributed by atoms with Crippen LogP contribution in [0.5, 0.6) is 5.75 Å². The summed E-state index contributed by atoms with van der Waals surface area (Å²) in [5, 5.41) is 0. The Labute approximate surface area is 158 Å². The number of nitrogens with zero attached hydrogens (tertiary/aromatic N) is 1. The van der Waals surface area contributed by atoms with E-state index in [2.05, 4.69) is 4.72 Å². The van der Waals surface area contributed by atoms with Crippen LogP contribution in [-0.4, -0.2) is 33.5 Å². The second kappa shape index (κ2) is 8.66. The zero-order valence-corrected chi connectivity index (χ0v) is 17.0. The Bertz CT molecular complexity index is 842. The zero-order chi connectivity index (χ0) is 19.3. The van der Waals surface area contributed by atoms with E-state index < -0.39 is 10.0 Å². The maximum Gasteiger partial charge on any atom is 0.250 e. The highest BCUT2D eigenvalue weighted by Gasteiger charge is 2.17. The molecule has 0 spiro atoms. The Morgan fingerprint density at radius 1 is 1.19 bits per heavy atom. The van der Waals surface area contributed by atoms with Gasteiger partial charge in [-0.15, -0.1) is 11.3 Å². The van der Waals surface area contributed by atoms with Crippen LogP contribution in [0.3, 0.4) is 0 Å². The number of hydrogen-bond acceptors (Lipinski definition) is 5. The molecule has 0 bridgehead atoms. The minimum atomic E-state index is -3.55. The van der Waals surface area contributed by atoms with E-state index in [9.17, 15) is 13.2 Å². The Hall–Kier alpha value is -1.90. The van der Waals surface area contributed by atoms with Crippen molar-refractivity contribution in [3.8, 4) is 5.75 Å². The lowest BCUT2D eigenvalue weighted by molar-refractivity contribution is -0.116. The molecule has 8 heteroatoms. The molecule has 1 N–H and O–H groups in total. The standard InChI is InChI=1S/C18H24N2O4S2/c1-13(2)24-17-8-6-16(7-9-17)20(15(4)21)12-11-19-26(22,23)18-10-5-14(3)25-18/h5-10,13,19H,11-12H2,1-4H3. The van der Waals surface area contributed by atoms with Gasteiger partial charge in [-0.05, 0) is 57.2 Å². The predicted octanol–water partition coefficient (Wildman–Crippen LogP) is 3.18. The van der Waals surface area contributed by atoms with Gasteiger partial charge in [0, 0.05) is 30.6 Å². The van der Waals surface area contributed by atoms with Crippen molar-refractivity contribution in [1.29, 1.82) is 0 Å². The van der Waals surface area contributed by atoms with Crippen LogP contribution in [0, 0.1) is 6.92 Å². The van der Waals surface area contributed by atoms with E-state index in [4.69, 9.17) is 4.74 Å². The summed E-state index contributed by atoms with van der Waals surface area (Å²) in [5.41, 5.74) is 0.694. The number of ether oxygens (including phenoxy) is 1. The van der Waals surface area contributed by atoms with Crippen molar-refractivity contribution in [3.63, 3.8) is 0 Å². The van der Waals surface area contributed by atoms with E-state index in [0.29, 0.717) is 5.69 Å². The highest BCUT2D eigenvalue weighted by atomic mass is 32.2. The van der Waals surface area contributed by atoms with Crippen LogP contribution in [-0.2, 0) is 14.8 Å². The number of hydrogen-bond donors (Lipinski definition) is 1. The van der Waals surface area contributed by atoms with Crippen LogP contribution < -0.4 is 14.4 Å². The summed E-state index contributed by atoms with van der Waals surface area (Å²) in [7, 11) is -3.55. The van der Waals surface area contributed by atoms with E-state index >= 15 is 0 Å². The minimum absolute atomic E-state index is 0.0695. The largest absolute Gasteiger partial charge is 0.491 e. The highest BCUT2D eigenvalue weighted by Crippen LogP contribution is 2.22. The lowest BCUT2D eigenvalue weighted by atomic mass is 10.2. The lowest BCUT2D eigenvalue weighted by Gasteiger charge is -2.22. The quantitative estimate of drug-likeness (QED) is 0.744. The molecule has 1 heterocycles. The zero-order valence-electron chi connectivity index (χ0n) is 15.4. The van der Waals surface area contributed by atoms with Crippen molar-refractivity contribution >= 4 is 33.0 Å². The first kappa shape index (κ1) is 20.4. The molecule has 0 aliphatic carbocycles. The second-order valence-electron chi connectivity index (χ2n) is 6.09. The number of aryl methyl sites for hydroxylation is 1. The SMILES string of the molecule is CC(=O)N(CCNS(=O)(=O)c1ccc(C)s1)c1ccc(OC(C)C)cc1. The fraction of sp³-hybridized carbons (Fsp3) is 0.389. The summed E-state index contributed by atoms with van der Waals surface area (Å²) in [6.07, 6.45) is 0.0695. The monoisotopic (exact) mass is 396 g/mol. The number of anilines is 1. The average Bonchev–Trinajstić information content (AvgIpc) is 2.99. The van der Waals surface area contributed by atoms with E-state index in [1.807, 2.05) is 20.8 Å². The molecule has 1 aromatic heterocycles. The van der Waals surface area contributed by atoms with Crippen molar-refractivity contribution in [2.24, 2.45) is 0 Å². The molecular formula is C18H24N2O4S2. The van der Waals surface area contributed by atoms with Gasteiger partial charge in [0.05, 0.1) is 6.10 Å². The van der Waals surface area contributed by atoms with Gasteiger partial charge in [0.15, 0.2) is 0 Å². The van der Waals surface area contributed by atoms with Crippen LogP contribution in [0.25, 0.3) is 0 Å². The maximum absolute atomic E-state index is 12.3. The van der Waals surface area contributed by atoms with E-state index in [1.165, 1.54) is 23.2 Å². The smallest absolute Gasteiger partial charge is 0.250 e. The molecule has 0 unspecified atom stereocenters. The van der Waals surface area contributed by atoms with Gasteiger partial charge in [-0.3, -0.25) is 4.79 Å². The molecule has 1 amide bonds. The molecule has 0 fully saturated rings. The normalized spacial score (nSPS) is 11.6. The lowest BCUT2D eigenvalue weighted by Crippen LogP contribution is -2.37. The Morgan fingerprint density at radius 2 is 1.85 bits per heavy atom. The van der Waals surface area contributed by atoms with Crippen molar-refractivity contribution in [2.45, 2.75) is 38.0 Å². The summed E-state index contributed by atoms with van der Waals surface area (Å²) < 4.78 is 32.9. The molecule has 142 valence electrons. The number of nitrogens with one attached hydrogen (secondary N) is 1. The van der Waals surface area contributed by atoms with Gasteiger partial charge in [0.25, 0.3) is 0 Å². The molecule has 0 saturated carbocycles. The molecule has 2 aromatic rings. The number of carbonyl (C=O) groups is 1. The Kier molecular flexibility index (Phi) is 6.80. The Balaban J connectivity index is 2.01. The van der Waals surface area contributed by atoms with Crippen molar-refractivity contribution in [1.82, 2.24) is 4.72 Å². The fourth-order valence-corrected chi connectivity index (χ4v) is 4.71. The summed E-state index contributed by atoms with van der Waals surface area (Å²) in [6.45, 7) is 7.56. The van der Waals surface area contributed by atoms with Crippen LogP contribution in [0.4, 0.5) is 5.69 Å². The fourth-order valence-electron chi connectivity index (χ4n) is 2.36. The van der Waals surface area contributed by atoms with Crippen LogP contribution >= 0.6 is 11.3 Å². The molecule has 0 aliphatic rings. The molecule has 26 heavy (non-hydrogen) atoms. The molecule has 0 saturated heterocycles. The summed E-state index contributed by atoms with van der Waals surface area (Å²) in [6, 6.07) is 10.5. The van der Waals surface area contributed by atoms with Crippen LogP contribution in [0.2, 0.25) is 0 Å². The predicted molar refractivity (Wildman–Crippen MR) is 104 cm³/mol. The van der Waals surface area contributed by atoms with Gasteiger partial charge in [0.2, 0.25) is 15.9 Å². The van der Waals surface area contributed by atoms with Gasteiger partial charge in [-0.2, -0.15) is 0 Å². The number of benzene rings is 1. The number of amides is 1. The van der Waals surface area contributed by atoms with Crippen molar-refractivity contribution in [3.05, 3.63) is 41.3 Å². The first-order valence-electron chi connectivity index (χ1n) is 8.30. The van der Waals surface area contributed by atoms with E-state index in [-0.39, 0.29) is 29.3 Å². The molecule has 0 radical (unpaired) electrons. The third kappa shape index (κ3) is 5.55. The van der Waals surface area contributed by atoms with E-state index in [0.717, 1.165) is 10.6 Å². The van der Waals surface area contributed by atoms with Crippen LogP contribution in [0.1, 0.15) is 25.6 Å². The molecule has 2 rings (SSSR count). The van der Waals surface area contributed by atoms with Gasteiger partial charge in [0.1, 0.15) is 9.96 Å². The third-order valence-electron chi connectivity index (χ3n) is 3.51. The minimum Gasteiger partial charge on any atom is -0.491 e. The number of rotatable bonds is 8. The van der Waals surface area contributed by atoms with Gasteiger partial charge < -0.3 is 9.64 Å². The van der Waals surface area contributed by atoms with Crippen molar-refractivity contribution < 1.29 is 17.9 Å². The summed E-state index contributed by atoms with van der Waals surface area (Å²) in [4.78, 5) is 14.4. The van der Waals surface area contributed by atoms with Crippen LogP contribution in [0.15, 0.2) is 40.6 Å². The molecule has 0 aliphatic heterocycles. The Morgan fingerprint density at radius 3 is 2.35 bits per heavy atom. The first-order valence-corrected chi connectivity index (χ1v) is 10.6. The number of thiophene rings is 1. The average molecular weight is 397 g/mol. The molecule has 1 aromatic carbocycles. The van der Waals surface area contributed by atoms with Gasteiger partial charge in [-0.1, -0.05) is 0 Å². The first-order chi connectivity index (χ1) is 12.2.